The molecule has 0 aromatic carbocycles. The molecule has 0 radical (unpaired) electrons. The van der Waals surface area contributed by atoms with E-state index in [0.29, 0.717) is 0 Å². The fourth-order valence-electron chi connectivity index (χ4n) is 1.17. The Hall–Kier alpha value is -0.570. The Kier molecular flexibility index (Phi) is 3.36. The van der Waals surface area contributed by atoms with Gasteiger partial charge in [-0.15, -0.1) is 0 Å². The third-order valence-corrected chi connectivity index (χ3v) is 1.92. The van der Waals surface area contributed by atoms with Crippen molar-refractivity contribution < 1.29 is 5.11 Å². The van der Waals surface area contributed by atoms with Crippen molar-refractivity contribution in [2.45, 2.75) is 32.4 Å². The van der Waals surface area contributed by atoms with Crippen molar-refractivity contribution in [3.8, 4) is 0 Å². The third-order valence-electron chi connectivity index (χ3n) is 1.92. The summed E-state index contributed by atoms with van der Waals surface area (Å²) in [4.78, 5) is 5.93. The fraction of sp³-hybridized carbons (Fsp3) is 0.875. The Bertz CT molecular complexity index is 136. The molecule has 1 atom stereocenters. The van der Waals surface area contributed by atoms with Gasteiger partial charge in [0.15, 0.2) is 0 Å². The van der Waals surface area contributed by atoms with Gasteiger partial charge in [0.2, 0.25) is 0 Å². The predicted molar refractivity (Wildman–Crippen MR) is 45.6 cm³/mol. The molecular formula is C8H16N2O. The quantitative estimate of drug-likeness (QED) is 0.654. The molecule has 1 N–H and O–H groups in total. The summed E-state index contributed by atoms with van der Waals surface area (Å²) in [5.41, 5.74) is 0. The van der Waals surface area contributed by atoms with E-state index in [4.69, 9.17) is 0 Å². The molecular weight excluding hydrogens is 140 g/mol. The number of aliphatic hydroxyl groups excluding tert-OH is 1. The first-order chi connectivity index (χ1) is 5.34. The van der Waals surface area contributed by atoms with E-state index in [0.717, 1.165) is 32.4 Å². The first-order valence-electron chi connectivity index (χ1n) is 4.28. The van der Waals surface area contributed by atoms with E-state index >= 15 is 0 Å². The largest absolute Gasteiger partial charge is 0.374 e. The van der Waals surface area contributed by atoms with Crippen LogP contribution in [0.1, 0.15) is 26.2 Å². The van der Waals surface area contributed by atoms with Gasteiger partial charge in [0.25, 0.3) is 0 Å². The van der Waals surface area contributed by atoms with Gasteiger partial charge in [0.05, 0.1) is 12.9 Å². The first-order valence-corrected chi connectivity index (χ1v) is 4.28. The smallest absolute Gasteiger partial charge is 0.127 e. The van der Waals surface area contributed by atoms with Crippen LogP contribution in [0.15, 0.2) is 4.99 Å². The summed E-state index contributed by atoms with van der Waals surface area (Å²) in [5, 5.41) is 9.51. The zero-order valence-electron chi connectivity index (χ0n) is 7.03. The molecule has 0 aromatic rings. The molecule has 0 saturated carbocycles. The van der Waals surface area contributed by atoms with Crippen molar-refractivity contribution in [3.05, 3.63) is 0 Å². The third kappa shape index (κ3) is 2.50. The van der Waals surface area contributed by atoms with Crippen LogP contribution in [0.5, 0.6) is 0 Å². The lowest BCUT2D eigenvalue weighted by molar-refractivity contribution is 0.0538. The highest BCUT2D eigenvalue weighted by atomic mass is 16.3. The lowest BCUT2D eigenvalue weighted by Gasteiger charge is -2.20. The second kappa shape index (κ2) is 4.34. The predicted octanol–water partition coefficient (Wildman–Crippen LogP) is 0.839. The molecule has 0 spiro atoms. The van der Waals surface area contributed by atoms with Gasteiger partial charge in [-0.05, 0) is 12.8 Å². The van der Waals surface area contributed by atoms with Crippen molar-refractivity contribution in [2.24, 2.45) is 4.99 Å². The number of hydrogen-bond donors (Lipinski definition) is 1. The number of rotatable bonds is 4. The summed E-state index contributed by atoms with van der Waals surface area (Å²) in [6.07, 6.45) is 4.54. The van der Waals surface area contributed by atoms with Gasteiger partial charge in [0.1, 0.15) is 6.23 Å². The van der Waals surface area contributed by atoms with Crippen LogP contribution >= 0.6 is 0 Å². The Morgan fingerprint density at radius 1 is 1.73 bits per heavy atom. The van der Waals surface area contributed by atoms with Crippen LogP contribution in [-0.4, -0.2) is 35.7 Å². The highest BCUT2D eigenvalue weighted by molar-refractivity contribution is 5.57. The van der Waals surface area contributed by atoms with Crippen molar-refractivity contribution >= 4 is 6.34 Å². The van der Waals surface area contributed by atoms with E-state index < -0.39 is 0 Å². The summed E-state index contributed by atoms with van der Waals surface area (Å²) >= 11 is 0. The van der Waals surface area contributed by atoms with E-state index in [9.17, 15) is 5.11 Å². The zero-order chi connectivity index (χ0) is 8.10. The molecule has 3 heteroatoms. The maximum absolute atomic E-state index is 9.51. The normalized spacial score (nSPS) is 19.3. The topological polar surface area (TPSA) is 35.8 Å². The second-order valence-corrected chi connectivity index (χ2v) is 2.88. The summed E-state index contributed by atoms with van der Waals surface area (Å²) in [6, 6.07) is 0. The van der Waals surface area contributed by atoms with Gasteiger partial charge >= 0.3 is 0 Å². The lowest BCUT2D eigenvalue weighted by Crippen LogP contribution is -2.32. The van der Waals surface area contributed by atoms with Gasteiger partial charge < -0.3 is 10.0 Å². The number of nitrogens with zero attached hydrogens (tertiary/aromatic N) is 2. The van der Waals surface area contributed by atoms with E-state index in [1.165, 1.54) is 0 Å². The van der Waals surface area contributed by atoms with E-state index in [1.807, 2.05) is 4.90 Å². The summed E-state index contributed by atoms with van der Waals surface area (Å²) in [6.45, 7) is 3.85. The van der Waals surface area contributed by atoms with Crippen LogP contribution in [0.2, 0.25) is 0 Å². The molecule has 1 rings (SSSR count). The number of aliphatic hydroxyl groups is 1. The number of hydrogen-bond acceptors (Lipinski definition) is 3. The van der Waals surface area contributed by atoms with Crippen LogP contribution in [0.25, 0.3) is 0 Å². The molecule has 0 saturated heterocycles. The standard InChI is InChI=1S/C8H16N2O/c1-2-3-4-8(11)10-6-5-9-7-10/h7-8,11H,2-6H2,1H3. The molecule has 0 aromatic heterocycles. The van der Waals surface area contributed by atoms with Crippen molar-refractivity contribution in [3.63, 3.8) is 0 Å². The lowest BCUT2D eigenvalue weighted by atomic mass is 10.2. The first kappa shape index (κ1) is 8.53. The molecule has 0 fully saturated rings. The Morgan fingerprint density at radius 3 is 3.09 bits per heavy atom. The van der Waals surface area contributed by atoms with Crippen LogP contribution in [0.3, 0.4) is 0 Å². The summed E-state index contributed by atoms with van der Waals surface area (Å²) in [5.74, 6) is 0. The maximum Gasteiger partial charge on any atom is 0.127 e. The van der Waals surface area contributed by atoms with Crippen LogP contribution < -0.4 is 0 Å². The molecule has 0 amide bonds. The molecule has 64 valence electrons. The minimum Gasteiger partial charge on any atom is -0.374 e. The molecule has 1 heterocycles. The van der Waals surface area contributed by atoms with E-state index in [1.54, 1.807) is 6.34 Å². The van der Waals surface area contributed by atoms with Gasteiger partial charge in [0, 0.05) is 6.54 Å². The van der Waals surface area contributed by atoms with Crippen molar-refractivity contribution in [1.82, 2.24) is 4.90 Å². The maximum atomic E-state index is 9.51. The highest BCUT2D eigenvalue weighted by Crippen LogP contribution is 2.06. The molecule has 1 aliphatic heterocycles. The molecule has 1 aliphatic rings. The highest BCUT2D eigenvalue weighted by Gasteiger charge is 2.13. The average Bonchev–Trinajstić information content (AvgIpc) is 2.52. The van der Waals surface area contributed by atoms with Gasteiger partial charge in [-0.2, -0.15) is 0 Å². The average molecular weight is 156 g/mol. The second-order valence-electron chi connectivity index (χ2n) is 2.88. The molecule has 3 nitrogen and oxygen atoms in total. The number of unbranched alkanes of at least 4 members (excludes halogenated alkanes) is 1. The fourth-order valence-corrected chi connectivity index (χ4v) is 1.17. The Morgan fingerprint density at radius 2 is 2.55 bits per heavy atom. The Labute approximate surface area is 67.7 Å². The molecule has 11 heavy (non-hydrogen) atoms. The van der Waals surface area contributed by atoms with Gasteiger partial charge in [-0.1, -0.05) is 13.3 Å². The van der Waals surface area contributed by atoms with Gasteiger partial charge in [-0.25, -0.2) is 0 Å². The molecule has 1 unspecified atom stereocenters. The summed E-state index contributed by atoms with van der Waals surface area (Å²) < 4.78 is 0. The SMILES string of the molecule is CCCCC(O)N1C=NCC1. The van der Waals surface area contributed by atoms with Crippen molar-refractivity contribution in [2.75, 3.05) is 13.1 Å². The number of aliphatic imine (C=N–C) groups is 1. The van der Waals surface area contributed by atoms with Crippen LogP contribution in [-0.2, 0) is 0 Å². The minimum atomic E-state index is -0.304. The minimum absolute atomic E-state index is 0.304. The zero-order valence-corrected chi connectivity index (χ0v) is 7.03. The summed E-state index contributed by atoms with van der Waals surface area (Å²) in [7, 11) is 0. The van der Waals surface area contributed by atoms with E-state index in [2.05, 4.69) is 11.9 Å². The van der Waals surface area contributed by atoms with E-state index in [-0.39, 0.29) is 6.23 Å². The van der Waals surface area contributed by atoms with Crippen molar-refractivity contribution in [1.29, 1.82) is 0 Å². The van der Waals surface area contributed by atoms with Crippen LogP contribution in [0.4, 0.5) is 0 Å². The molecule has 0 aliphatic carbocycles. The van der Waals surface area contributed by atoms with Crippen LogP contribution in [0, 0.1) is 0 Å². The monoisotopic (exact) mass is 156 g/mol. The van der Waals surface area contributed by atoms with Gasteiger partial charge in [-0.3, -0.25) is 4.99 Å². The molecule has 0 bridgehead atoms. The Balaban J connectivity index is 2.17.